The lowest BCUT2D eigenvalue weighted by molar-refractivity contribution is 0.273. The molecule has 0 fully saturated rings. The van der Waals surface area contributed by atoms with E-state index in [2.05, 4.69) is 9.97 Å². The molecule has 6 heteroatoms. The summed E-state index contributed by atoms with van der Waals surface area (Å²) in [6, 6.07) is 4.14. The van der Waals surface area contributed by atoms with Gasteiger partial charge in [-0.3, -0.25) is 0 Å². The molecule has 0 amide bonds. The first-order chi connectivity index (χ1) is 8.15. The van der Waals surface area contributed by atoms with Gasteiger partial charge in [-0.15, -0.1) is 0 Å². The number of aromatic nitrogens is 2. The summed E-state index contributed by atoms with van der Waals surface area (Å²) in [5, 5.41) is 0.303. The van der Waals surface area contributed by atoms with Crippen LogP contribution in [0.2, 0.25) is 5.02 Å². The van der Waals surface area contributed by atoms with Crippen LogP contribution in [-0.4, -0.2) is 9.97 Å². The van der Waals surface area contributed by atoms with Crippen molar-refractivity contribution in [1.29, 1.82) is 0 Å². The first kappa shape index (κ1) is 11.7. The average molecular weight is 256 g/mol. The highest BCUT2D eigenvalue weighted by molar-refractivity contribution is 6.30. The summed E-state index contributed by atoms with van der Waals surface area (Å²) in [6.07, 6.45) is 2.96. The zero-order chi connectivity index (χ0) is 12.3. The lowest BCUT2D eigenvalue weighted by atomic mass is 10.2. The Morgan fingerprint density at radius 2 is 2.18 bits per heavy atom. The average Bonchev–Trinajstić information content (AvgIpc) is 2.30. The van der Waals surface area contributed by atoms with E-state index in [-0.39, 0.29) is 12.6 Å². The maximum absolute atomic E-state index is 13.3. The van der Waals surface area contributed by atoms with Gasteiger partial charge >= 0.3 is 6.01 Å². The van der Waals surface area contributed by atoms with Crippen LogP contribution in [0.5, 0.6) is 6.01 Å². The van der Waals surface area contributed by atoms with E-state index < -0.39 is 11.6 Å². The van der Waals surface area contributed by atoms with Crippen molar-refractivity contribution in [2.75, 3.05) is 0 Å². The summed E-state index contributed by atoms with van der Waals surface area (Å²) >= 11 is 5.60. The predicted octanol–water partition coefficient (Wildman–Crippen LogP) is 2.79. The summed E-state index contributed by atoms with van der Waals surface area (Å²) < 4.78 is 30.9. The Morgan fingerprint density at radius 1 is 1.35 bits per heavy atom. The molecule has 0 N–H and O–H groups in total. The molecule has 0 bridgehead atoms. The van der Waals surface area contributed by atoms with Crippen molar-refractivity contribution in [1.82, 2.24) is 9.97 Å². The van der Waals surface area contributed by atoms with E-state index in [1.54, 1.807) is 6.07 Å². The van der Waals surface area contributed by atoms with Crippen LogP contribution in [0.4, 0.5) is 8.78 Å². The Bertz CT molecular complexity index is 519. The third-order valence-corrected chi connectivity index (χ3v) is 2.15. The fourth-order valence-corrected chi connectivity index (χ4v) is 1.28. The van der Waals surface area contributed by atoms with Crippen LogP contribution in [0.25, 0.3) is 0 Å². The topological polar surface area (TPSA) is 35.0 Å². The van der Waals surface area contributed by atoms with Gasteiger partial charge in [0.05, 0.1) is 6.20 Å². The van der Waals surface area contributed by atoms with Crippen molar-refractivity contribution in [3.63, 3.8) is 0 Å². The van der Waals surface area contributed by atoms with E-state index in [1.165, 1.54) is 12.1 Å². The van der Waals surface area contributed by atoms with Crippen molar-refractivity contribution < 1.29 is 13.5 Å². The summed E-state index contributed by atoms with van der Waals surface area (Å²) in [6.45, 7) is -0.0670. The molecule has 3 nitrogen and oxygen atoms in total. The van der Waals surface area contributed by atoms with Gasteiger partial charge in [0, 0.05) is 10.6 Å². The third-order valence-electron chi connectivity index (χ3n) is 1.92. The molecule has 17 heavy (non-hydrogen) atoms. The molecule has 2 rings (SSSR count). The van der Waals surface area contributed by atoms with Gasteiger partial charge in [-0.05, 0) is 12.1 Å². The van der Waals surface area contributed by atoms with Crippen LogP contribution >= 0.6 is 11.6 Å². The second-order valence-electron chi connectivity index (χ2n) is 3.14. The molecule has 2 aromatic rings. The van der Waals surface area contributed by atoms with Crippen molar-refractivity contribution in [2.45, 2.75) is 6.61 Å². The lowest BCUT2D eigenvalue weighted by Crippen LogP contribution is -2.01. The molecule has 0 saturated heterocycles. The van der Waals surface area contributed by atoms with Gasteiger partial charge in [0.15, 0.2) is 5.82 Å². The van der Waals surface area contributed by atoms with Crippen LogP contribution in [-0.2, 0) is 6.61 Å². The van der Waals surface area contributed by atoms with E-state index in [0.29, 0.717) is 10.6 Å². The van der Waals surface area contributed by atoms with Crippen LogP contribution in [0, 0.1) is 17.8 Å². The summed E-state index contributed by atoms with van der Waals surface area (Å²) in [7, 11) is 0. The first-order valence-corrected chi connectivity index (χ1v) is 5.00. The van der Waals surface area contributed by atoms with Crippen LogP contribution in [0.15, 0.2) is 24.4 Å². The second kappa shape index (κ2) is 5.05. The van der Waals surface area contributed by atoms with Crippen molar-refractivity contribution in [3.05, 3.63) is 52.8 Å². The highest BCUT2D eigenvalue weighted by Crippen LogP contribution is 2.15. The maximum atomic E-state index is 13.3. The maximum Gasteiger partial charge on any atom is 0.317 e. The van der Waals surface area contributed by atoms with Crippen molar-refractivity contribution >= 4 is 11.6 Å². The van der Waals surface area contributed by atoms with Gasteiger partial charge in [0.2, 0.25) is 0 Å². The Kier molecular flexibility index (Phi) is 3.49. The van der Waals surface area contributed by atoms with Gasteiger partial charge in [-0.2, -0.15) is 4.98 Å². The normalized spacial score (nSPS) is 10.3. The molecule has 0 aliphatic carbocycles. The number of rotatable bonds is 3. The molecule has 1 radical (unpaired) electrons. The molecule has 0 aliphatic rings. The minimum Gasteiger partial charge on any atom is -0.458 e. The molecule has 1 heterocycles. The molecule has 0 saturated carbocycles. The quantitative estimate of drug-likeness (QED) is 0.846. The van der Waals surface area contributed by atoms with Crippen LogP contribution in [0.3, 0.4) is 0 Å². The number of benzene rings is 1. The van der Waals surface area contributed by atoms with Crippen molar-refractivity contribution in [3.8, 4) is 6.01 Å². The third kappa shape index (κ3) is 3.10. The molecular weight excluding hydrogens is 250 g/mol. The molecule has 0 unspecified atom stereocenters. The highest BCUT2D eigenvalue weighted by atomic mass is 35.5. The number of halogens is 3. The molecule has 0 aliphatic heterocycles. The zero-order valence-corrected chi connectivity index (χ0v) is 9.21. The standard InChI is InChI=1S/C11H6ClF2N2O/c12-8-2-1-7(10(14)3-8)6-17-11-15-4-9(13)5-16-11/h1-4H,6H2. The largest absolute Gasteiger partial charge is 0.458 e. The van der Waals surface area contributed by atoms with E-state index >= 15 is 0 Å². The SMILES string of the molecule is Fc1[c]nc(OCc2ccc(Cl)cc2F)nc1. The predicted molar refractivity (Wildman–Crippen MR) is 56.6 cm³/mol. The fraction of sp³-hybridized carbons (Fsp3) is 0.0909. The van der Waals surface area contributed by atoms with Crippen molar-refractivity contribution in [2.24, 2.45) is 0 Å². The molecule has 0 atom stereocenters. The Hall–Kier alpha value is -1.75. The number of ether oxygens (including phenoxy) is 1. The Labute approximate surface area is 101 Å². The monoisotopic (exact) mass is 255 g/mol. The summed E-state index contributed by atoms with van der Waals surface area (Å²) in [4.78, 5) is 7.01. The Morgan fingerprint density at radius 3 is 2.82 bits per heavy atom. The minimum absolute atomic E-state index is 0.0670. The number of hydrogen-bond acceptors (Lipinski definition) is 3. The van der Waals surface area contributed by atoms with Gasteiger partial charge < -0.3 is 4.74 Å². The fourth-order valence-electron chi connectivity index (χ4n) is 1.12. The zero-order valence-electron chi connectivity index (χ0n) is 8.45. The van der Waals surface area contributed by atoms with Gasteiger partial charge in [0.25, 0.3) is 0 Å². The van der Waals surface area contributed by atoms with Crippen LogP contribution < -0.4 is 4.74 Å². The summed E-state index contributed by atoms with van der Waals surface area (Å²) in [5.74, 6) is -1.17. The lowest BCUT2D eigenvalue weighted by Gasteiger charge is -2.05. The van der Waals surface area contributed by atoms with Gasteiger partial charge in [-0.25, -0.2) is 13.8 Å². The summed E-state index contributed by atoms with van der Waals surface area (Å²) in [5.41, 5.74) is 0.308. The highest BCUT2D eigenvalue weighted by Gasteiger charge is 2.05. The number of hydrogen-bond donors (Lipinski definition) is 0. The van der Waals surface area contributed by atoms with E-state index in [4.69, 9.17) is 16.3 Å². The van der Waals surface area contributed by atoms with Crippen LogP contribution in [0.1, 0.15) is 5.56 Å². The van der Waals surface area contributed by atoms with Gasteiger partial charge in [0.1, 0.15) is 18.6 Å². The van der Waals surface area contributed by atoms with E-state index in [9.17, 15) is 8.78 Å². The Balaban J connectivity index is 2.04. The van der Waals surface area contributed by atoms with E-state index in [1.807, 2.05) is 6.20 Å². The van der Waals surface area contributed by atoms with E-state index in [0.717, 1.165) is 6.20 Å². The minimum atomic E-state index is -0.685. The molecule has 87 valence electrons. The van der Waals surface area contributed by atoms with Gasteiger partial charge in [-0.1, -0.05) is 17.7 Å². The number of nitrogens with zero attached hydrogens (tertiary/aromatic N) is 2. The molecule has 1 aromatic heterocycles. The second-order valence-corrected chi connectivity index (χ2v) is 3.57. The molecule has 0 spiro atoms. The first-order valence-electron chi connectivity index (χ1n) is 4.62. The molecular formula is C11H6ClF2N2O. The smallest absolute Gasteiger partial charge is 0.317 e. The molecule has 1 aromatic carbocycles.